The fourth-order valence-corrected chi connectivity index (χ4v) is 7.96. The monoisotopic (exact) mass is 609 g/mol. The van der Waals surface area contributed by atoms with Gasteiger partial charge in [-0.2, -0.15) is 10.4 Å². The second kappa shape index (κ2) is 10.9. The standard InChI is InChI=1S/C33H39N9OS/c1-6-42-30(39(5)32-36-28(27(16-34)44-32)23-9-7-21(2)8-10-23)25-15-26(22(3)35-29(25)37-42)40-17-33(18-40)19-41(20-33)31(43)24-11-13-38(4)14-12-24/h7-10,15,24H,6,11-14,17-20H2,1-5H3. The normalized spacial score (nSPS) is 18.4. The second-order valence-electron chi connectivity index (χ2n) is 12.9. The Morgan fingerprint density at radius 3 is 2.48 bits per heavy atom. The Morgan fingerprint density at radius 1 is 1.11 bits per heavy atom. The van der Waals surface area contributed by atoms with Gasteiger partial charge in [-0.25, -0.2) is 14.6 Å². The fourth-order valence-electron chi connectivity index (χ4n) is 7.11. The van der Waals surface area contributed by atoms with Gasteiger partial charge in [0, 0.05) is 56.7 Å². The van der Waals surface area contributed by atoms with Crippen LogP contribution in [0.25, 0.3) is 22.3 Å². The van der Waals surface area contributed by atoms with Gasteiger partial charge >= 0.3 is 0 Å². The van der Waals surface area contributed by atoms with E-state index in [-0.39, 0.29) is 11.3 Å². The number of thiazole rings is 1. The van der Waals surface area contributed by atoms with Crippen LogP contribution in [0, 0.1) is 36.5 Å². The molecule has 0 unspecified atom stereocenters. The van der Waals surface area contributed by atoms with Gasteiger partial charge in [0.25, 0.3) is 0 Å². The number of nitrogens with zero attached hydrogens (tertiary/aromatic N) is 9. The highest BCUT2D eigenvalue weighted by atomic mass is 32.1. The van der Waals surface area contributed by atoms with Crippen molar-refractivity contribution in [1.82, 2.24) is 29.5 Å². The van der Waals surface area contributed by atoms with E-state index in [1.165, 1.54) is 16.9 Å². The smallest absolute Gasteiger partial charge is 0.225 e. The Hall–Kier alpha value is -4.01. The molecule has 44 heavy (non-hydrogen) atoms. The number of piperidine rings is 1. The lowest BCUT2D eigenvalue weighted by atomic mass is 9.72. The number of aryl methyl sites for hydroxylation is 3. The summed E-state index contributed by atoms with van der Waals surface area (Å²) < 4.78 is 1.97. The van der Waals surface area contributed by atoms with Gasteiger partial charge in [-0.05, 0) is 59.8 Å². The predicted molar refractivity (Wildman–Crippen MR) is 174 cm³/mol. The van der Waals surface area contributed by atoms with Crippen LogP contribution in [0.3, 0.4) is 0 Å². The van der Waals surface area contributed by atoms with Crippen molar-refractivity contribution in [3.05, 3.63) is 46.5 Å². The first-order chi connectivity index (χ1) is 21.2. The van der Waals surface area contributed by atoms with Crippen molar-refractivity contribution in [2.75, 3.05) is 63.2 Å². The van der Waals surface area contributed by atoms with Crippen LogP contribution in [0.1, 0.15) is 35.9 Å². The van der Waals surface area contributed by atoms with Crippen LogP contribution in [-0.2, 0) is 11.3 Å². The average molecular weight is 610 g/mol. The van der Waals surface area contributed by atoms with Crippen LogP contribution in [0.5, 0.6) is 0 Å². The maximum absolute atomic E-state index is 13.1. The zero-order chi connectivity index (χ0) is 30.7. The van der Waals surface area contributed by atoms with Gasteiger partial charge in [-0.3, -0.25) is 4.79 Å². The van der Waals surface area contributed by atoms with E-state index >= 15 is 0 Å². The van der Waals surface area contributed by atoms with E-state index in [4.69, 9.17) is 15.1 Å². The van der Waals surface area contributed by atoms with Crippen molar-refractivity contribution < 1.29 is 4.79 Å². The molecule has 0 saturated carbocycles. The lowest BCUT2D eigenvalue weighted by Gasteiger charge is -2.61. The summed E-state index contributed by atoms with van der Waals surface area (Å²) >= 11 is 1.39. The number of benzene rings is 1. The van der Waals surface area contributed by atoms with Crippen molar-refractivity contribution >= 4 is 44.9 Å². The van der Waals surface area contributed by atoms with E-state index in [1.807, 2.05) is 40.9 Å². The lowest BCUT2D eigenvalue weighted by molar-refractivity contribution is -0.151. The number of likely N-dealkylation sites (tertiary alicyclic amines) is 2. The number of aromatic nitrogens is 4. The molecule has 0 aliphatic carbocycles. The van der Waals surface area contributed by atoms with Crippen LogP contribution in [-0.4, -0.2) is 88.8 Å². The highest BCUT2D eigenvalue weighted by molar-refractivity contribution is 7.16. The highest BCUT2D eigenvalue weighted by Gasteiger charge is 2.54. The molecular weight excluding hydrogens is 570 g/mol. The molecule has 4 aromatic rings. The minimum absolute atomic E-state index is 0.189. The van der Waals surface area contributed by atoms with Gasteiger partial charge in [0.15, 0.2) is 10.8 Å². The molecule has 11 heteroatoms. The van der Waals surface area contributed by atoms with E-state index in [9.17, 15) is 10.1 Å². The zero-order valence-electron chi connectivity index (χ0n) is 26.2. The Labute approximate surface area is 262 Å². The van der Waals surface area contributed by atoms with Gasteiger partial charge in [0.1, 0.15) is 22.5 Å². The summed E-state index contributed by atoms with van der Waals surface area (Å²) in [6.07, 6.45) is 1.95. The van der Waals surface area contributed by atoms with Crippen molar-refractivity contribution in [2.45, 2.75) is 40.2 Å². The summed E-state index contributed by atoms with van der Waals surface area (Å²) in [5.74, 6) is 1.46. The SMILES string of the molecule is CCn1nc2nc(C)c(N3CC4(CN(C(=O)C5CCN(C)CC5)C4)C3)cc2c1N(C)c1nc(-c2ccc(C)cc2)c(C#N)s1. The maximum Gasteiger partial charge on any atom is 0.225 e. The van der Waals surface area contributed by atoms with Crippen molar-refractivity contribution in [1.29, 1.82) is 5.26 Å². The molecular formula is C33H39N9OS. The summed E-state index contributed by atoms with van der Waals surface area (Å²) in [7, 11) is 4.13. The van der Waals surface area contributed by atoms with Crippen LogP contribution >= 0.6 is 11.3 Å². The summed E-state index contributed by atoms with van der Waals surface area (Å²) in [4.78, 5) is 32.4. The van der Waals surface area contributed by atoms with Gasteiger partial charge in [0.2, 0.25) is 5.91 Å². The Kier molecular flexibility index (Phi) is 7.09. The molecule has 3 fully saturated rings. The number of anilines is 3. The quantitative estimate of drug-likeness (QED) is 0.307. The Balaban J connectivity index is 1.12. The summed E-state index contributed by atoms with van der Waals surface area (Å²) in [5.41, 5.74) is 5.78. The highest BCUT2D eigenvalue weighted by Crippen LogP contribution is 2.45. The van der Waals surface area contributed by atoms with E-state index < -0.39 is 0 Å². The number of nitriles is 1. The molecule has 7 rings (SSSR count). The largest absolute Gasteiger partial charge is 0.369 e. The topological polar surface area (TPSA) is 97.4 Å². The van der Waals surface area contributed by atoms with E-state index in [0.717, 1.165) is 85.4 Å². The molecule has 3 saturated heterocycles. The number of pyridine rings is 1. The van der Waals surface area contributed by atoms with Gasteiger partial charge in [0.05, 0.1) is 16.8 Å². The van der Waals surface area contributed by atoms with Crippen molar-refractivity contribution in [2.24, 2.45) is 11.3 Å². The average Bonchev–Trinajstić information content (AvgIpc) is 3.57. The van der Waals surface area contributed by atoms with E-state index in [0.29, 0.717) is 28.7 Å². The van der Waals surface area contributed by atoms with Crippen LogP contribution in [0.2, 0.25) is 0 Å². The summed E-state index contributed by atoms with van der Waals surface area (Å²) in [6.45, 7) is 12.5. The fraction of sp³-hybridized carbons (Fsp3) is 0.485. The number of hydrogen-bond acceptors (Lipinski definition) is 9. The van der Waals surface area contributed by atoms with Crippen LogP contribution in [0.15, 0.2) is 30.3 Å². The van der Waals surface area contributed by atoms with E-state index in [2.05, 4.69) is 54.7 Å². The van der Waals surface area contributed by atoms with Gasteiger partial charge in [-0.15, -0.1) is 0 Å². The first kappa shape index (κ1) is 28.7. The zero-order valence-corrected chi connectivity index (χ0v) is 27.0. The minimum Gasteiger partial charge on any atom is -0.369 e. The third-order valence-electron chi connectivity index (χ3n) is 9.64. The number of amides is 1. The van der Waals surface area contributed by atoms with Crippen LogP contribution in [0.4, 0.5) is 16.6 Å². The van der Waals surface area contributed by atoms with E-state index in [1.54, 1.807) is 0 Å². The summed E-state index contributed by atoms with van der Waals surface area (Å²) in [6, 6.07) is 12.7. The molecule has 3 aliphatic heterocycles. The van der Waals surface area contributed by atoms with Crippen LogP contribution < -0.4 is 9.80 Å². The maximum atomic E-state index is 13.1. The number of fused-ring (bicyclic) bond motifs is 1. The van der Waals surface area contributed by atoms with Gasteiger partial charge < -0.3 is 19.6 Å². The van der Waals surface area contributed by atoms with Crippen molar-refractivity contribution in [3.63, 3.8) is 0 Å². The molecule has 228 valence electrons. The molecule has 0 bridgehead atoms. The Morgan fingerprint density at radius 2 is 1.82 bits per heavy atom. The molecule has 0 radical (unpaired) electrons. The third-order valence-corrected chi connectivity index (χ3v) is 10.7. The molecule has 1 amide bonds. The Bertz CT molecular complexity index is 1760. The summed E-state index contributed by atoms with van der Waals surface area (Å²) in [5, 5.41) is 16.5. The lowest BCUT2D eigenvalue weighted by Crippen LogP contribution is -2.73. The third kappa shape index (κ3) is 4.81. The molecule has 10 nitrogen and oxygen atoms in total. The number of carbonyl (C=O) groups excluding carboxylic acids is 1. The molecule has 1 spiro atoms. The van der Waals surface area contributed by atoms with Crippen molar-refractivity contribution in [3.8, 4) is 17.3 Å². The molecule has 6 heterocycles. The minimum atomic E-state index is 0.189. The number of hydrogen-bond donors (Lipinski definition) is 0. The predicted octanol–water partition coefficient (Wildman–Crippen LogP) is 4.82. The number of rotatable bonds is 6. The molecule has 0 atom stereocenters. The number of carbonyl (C=O) groups is 1. The molecule has 1 aromatic carbocycles. The first-order valence-electron chi connectivity index (χ1n) is 15.5. The van der Waals surface area contributed by atoms with Gasteiger partial charge in [-0.1, -0.05) is 41.2 Å². The molecule has 3 aromatic heterocycles. The first-order valence-corrected chi connectivity index (χ1v) is 16.3. The second-order valence-corrected chi connectivity index (χ2v) is 13.9. The molecule has 0 N–H and O–H groups in total. The molecule has 3 aliphatic rings.